The van der Waals surface area contributed by atoms with Crippen molar-refractivity contribution in [2.45, 2.75) is 25.7 Å². The van der Waals surface area contributed by atoms with Crippen LogP contribution in [-0.2, 0) is 17.5 Å². The number of nitrogens with zero attached hydrogens (tertiary/aromatic N) is 1. The van der Waals surface area contributed by atoms with Gasteiger partial charge in [-0.05, 0) is 37.7 Å². The number of carbonyl (C=O) groups is 1. The summed E-state index contributed by atoms with van der Waals surface area (Å²) < 4.78 is 66.4. The van der Waals surface area contributed by atoms with E-state index < -0.39 is 41.0 Å². The number of rotatable bonds is 5. The van der Waals surface area contributed by atoms with Gasteiger partial charge in [0.05, 0.1) is 11.6 Å². The molecular formula is C18H17F5N2O. The van der Waals surface area contributed by atoms with Gasteiger partial charge in [-0.15, -0.1) is 0 Å². The third-order valence-corrected chi connectivity index (χ3v) is 3.99. The monoisotopic (exact) mass is 372 g/mol. The molecule has 2 aromatic rings. The van der Waals surface area contributed by atoms with Crippen molar-refractivity contribution in [3.63, 3.8) is 0 Å². The number of amides is 1. The molecule has 1 N–H and O–H groups in total. The van der Waals surface area contributed by atoms with Crippen LogP contribution in [0.2, 0.25) is 0 Å². The van der Waals surface area contributed by atoms with Crippen molar-refractivity contribution in [1.82, 2.24) is 4.90 Å². The summed E-state index contributed by atoms with van der Waals surface area (Å²) in [5.74, 6) is -2.60. The van der Waals surface area contributed by atoms with E-state index in [4.69, 9.17) is 0 Å². The number of benzene rings is 2. The number of para-hydroxylation sites is 1. The topological polar surface area (TPSA) is 32.3 Å². The summed E-state index contributed by atoms with van der Waals surface area (Å²) in [7, 11) is 1.45. The number of anilines is 1. The van der Waals surface area contributed by atoms with Crippen LogP contribution in [0, 0.1) is 11.6 Å². The molecule has 0 aliphatic rings. The van der Waals surface area contributed by atoms with E-state index >= 15 is 0 Å². The molecule has 0 aliphatic heterocycles. The molecule has 8 heteroatoms. The van der Waals surface area contributed by atoms with Crippen LogP contribution in [0.25, 0.3) is 0 Å². The standard InChI is InChI=1S/C18H17F5N2O/c1-11(17(26)24-16-14(19)8-5-9-15(16)20)25(2)10-12-6-3-4-7-13(12)18(21,22)23/h3-9,11H,10H2,1-2H3,(H,24,26). The molecule has 0 aromatic heterocycles. The van der Waals surface area contributed by atoms with Crippen LogP contribution in [0.15, 0.2) is 42.5 Å². The molecule has 0 aliphatic carbocycles. The Morgan fingerprint density at radius 3 is 2.23 bits per heavy atom. The van der Waals surface area contributed by atoms with Crippen LogP contribution in [0.5, 0.6) is 0 Å². The maximum absolute atomic E-state index is 13.6. The molecule has 140 valence electrons. The molecule has 0 spiro atoms. The molecule has 0 heterocycles. The van der Waals surface area contributed by atoms with Crippen molar-refractivity contribution in [1.29, 1.82) is 0 Å². The fraction of sp³-hybridized carbons (Fsp3) is 0.278. The molecule has 2 aromatic carbocycles. The average Bonchev–Trinajstić information content (AvgIpc) is 2.57. The molecule has 0 radical (unpaired) electrons. The molecule has 1 amide bonds. The highest BCUT2D eigenvalue weighted by atomic mass is 19.4. The summed E-state index contributed by atoms with van der Waals surface area (Å²) in [6.07, 6.45) is -4.51. The lowest BCUT2D eigenvalue weighted by Gasteiger charge is -2.25. The fourth-order valence-corrected chi connectivity index (χ4v) is 2.39. The summed E-state index contributed by atoms with van der Waals surface area (Å²) in [5.41, 5.74) is -1.38. The summed E-state index contributed by atoms with van der Waals surface area (Å²) in [6.45, 7) is 1.27. The van der Waals surface area contributed by atoms with Crippen molar-refractivity contribution in [2.24, 2.45) is 0 Å². The Morgan fingerprint density at radius 2 is 1.65 bits per heavy atom. The van der Waals surface area contributed by atoms with Crippen LogP contribution in [-0.4, -0.2) is 23.9 Å². The van der Waals surface area contributed by atoms with E-state index in [0.717, 1.165) is 24.3 Å². The van der Waals surface area contributed by atoms with E-state index in [0.29, 0.717) is 0 Å². The van der Waals surface area contributed by atoms with E-state index in [-0.39, 0.29) is 12.1 Å². The van der Waals surface area contributed by atoms with Gasteiger partial charge in [0.2, 0.25) is 5.91 Å². The first-order valence-corrected chi connectivity index (χ1v) is 7.71. The van der Waals surface area contributed by atoms with Gasteiger partial charge in [-0.1, -0.05) is 24.3 Å². The van der Waals surface area contributed by atoms with Gasteiger partial charge < -0.3 is 5.32 Å². The Hall–Kier alpha value is -2.48. The first-order chi connectivity index (χ1) is 12.1. The number of hydrogen-bond acceptors (Lipinski definition) is 2. The van der Waals surface area contributed by atoms with Gasteiger partial charge in [0.15, 0.2) is 0 Å². The van der Waals surface area contributed by atoms with Crippen molar-refractivity contribution in [3.05, 3.63) is 65.2 Å². The van der Waals surface area contributed by atoms with Gasteiger partial charge in [-0.3, -0.25) is 9.69 Å². The molecule has 3 nitrogen and oxygen atoms in total. The Balaban J connectivity index is 2.13. The number of likely N-dealkylation sites (N-methyl/N-ethyl adjacent to an activating group) is 1. The largest absolute Gasteiger partial charge is 0.416 e. The molecule has 1 atom stereocenters. The van der Waals surface area contributed by atoms with Crippen molar-refractivity contribution in [2.75, 3.05) is 12.4 Å². The second-order valence-corrected chi connectivity index (χ2v) is 5.83. The van der Waals surface area contributed by atoms with E-state index in [1.165, 1.54) is 37.1 Å². The molecule has 1 unspecified atom stereocenters. The predicted molar refractivity (Wildman–Crippen MR) is 87.4 cm³/mol. The third-order valence-electron chi connectivity index (χ3n) is 3.99. The lowest BCUT2D eigenvalue weighted by molar-refractivity contribution is -0.138. The van der Waals surface area contributed by atoms with E-state index in [9.17, 15) is 26.7 Å². The van der Waals surface area contributed by atoms with Crippen molar-refractivity contribution < 1.29 is 26.7 Å². The van der Waals surface area contributed by atoms with Gasteiger partial charge in [0.25, 0.3) is 0 Å². The lowest BCUT2D eigenvalue weighted by Crippen LogP contribution is -2.39. The van der Waals surface area contributed by atoms with Gasteiger partial charge in [-0.2, -0.15) is 13.2 Å². The highest BCUT2D eigenvalue weighted by Crippen LogP contribution is 2.32. The fourth-order valence-electron chi connectivity index (χ4n) is 2.39. The summed E-state index contributed by atoms with van der Waals surface area (Å²) in [4.78, 5) is 13.6. The van der Waals surface area contributed by atoms with Gasteiger partial charge in [0.1, 0.15) is 17.3 Å². The summed E-state index contributed by atoms with van der Waals surface area (Å²) in [6, 6.07) is 7.25. The summed E-state index contributed by atoms with van der Waals surface area (Å²) >= 11 is 0. The number of alkyl halides is 3. The Kier molecular flexibility index (Phi) is 5.97. The smallest absolute Gasteiger partial charge is 0.320 e. The van der Waals surface area contributed by atoms with E-state index in [1.54, 1.807) is 0 Å². The SMILES string of the molecule is CC(C(=O)Nc1c(F)cccc1F)N(C)Cc1ccccc1C(F)(F)F. The van der Waals surface area contributed by atoms with Crippen LogP contribution < -0.4 is 5.32 Å². The highest BCUT2D eigenvalue weighted by Gasteiger charge is 2.33. The summed E-state index contributed by atoms with van der Waals surface area (Å²) in [5, 5.41) is 2.14. The minimum Gasteiger partial charge on any atom is -0.320 e. The van der Waals surface area contributed by atoms with Gasteiger partial charge in [-0.25, -0.2) is 8.78 Å². The van der Waals surface area contributed by atoms with E-state index in [2.05, 4.69) is 5.32 Å². The molecule has 26 heavy (non-hydrogen) atoms. The van der Waals surface area contributed by atoms with Gasteiger partial charge in [0, 0.05) is 6.54 Å². The quantitative estimate of drug-likeness (QED) is 0.787. The molecular weight excluding hydrogens is 355 g/mol. The van der Waals surface area contributed by atoms with Crippen LogP contribution in [0.4, 0.5) is 27.6 Å². The molecule has 0 saturated heterocycles. The molecule has 0 fully saturated rings. The van der Waals surface area contributed by atoms with Gasteiger partial charge >= 0.3 is 6.18 Å². The minimum atomic E-state index is -4.51. The maximum atomic E-state index is 13.6. The molecule has 2 rings (SSSR count). The zero-order chi connectivity index (χ0) is 19.5. The van der Waals surface area contributed by atoms with E-state index in [1.807, 2.05) is 0 Å². The van der Waals surface area contributed by atoms with Crippen LogP contribution >= 0.6 is 0 Å². The Morgan fingerprint density at radius 1 is 1.08 bits per heavy atom. The molecule has 0 saturated carbocycles. The number of carbonyl (C=O) groups excluding carboxylic acids is 1. The number of nitrogens with one attached hydrogen (secondary N) is 1. The Bertz CT molecular complexity index is 771. The number of hydrogen-bond donors (Lipinski definition) is 1. The third kappa shape index (κ3) is 4.57. The maximum Gasteiger partial charge on any atom is 0.416 e. The van der Waals surface area contributed by atoms with Crippen molar-refractivity contribution in [3.8, 4) is 0 Å². The average molecular weight is 372 g/mol. The second-order valence-electron chi connectivity index (χ2n) is 5.83. The minimum absolute atomic E-state index is 0.000720. The normalized spacial score (nSPS) is 12.9. The Labute approximate surface area is 147 Å². The van der Waals surface area contributed by atoms with Crippen molar-refractivity contribution >= 4 is 11.6 Å². The lowest BCUT2D eigenvalue weighted by atomic mass is 10.1. The van der Waals surface area contributed by atoms with Crippen LogP contribution in [0.3, 0.4) is 0 Å². The second kappa shape index (κ2) is 7.82. The zero-order valence-electron chi connectivity index (χ0n) is 14.1. The first-order valence-electron chi connectivity index (χ1n) is 7.71. The highest BCUT2D eigenvalue weighted by molar-refractivity contribution is 5.94. The number of halogens is 5. The van der Waals surface area contributed by atoms with Crippen LogP contribution in [0.1, 0.15) is 18.1 Å². The molecule has 0 bridgehead atoms. The predicted octanol–water partition coefficient (Wildman–Crippen LogP) is 4.44. The first kappa shape index (κ1) is 19.8. The zero-order valence-corrected chi connectivity index (χ0v) is 14.1.